The van der Waals surface area contributed by atoms with Gasteiger partial charge < -0.3 is 14.5 Å². The lowest BCUT2D eigenvalue weighted by molar-refractivity contribution is -0.122. The molecule has 1 saturated heterocycles. The van der Waals surface area contributed by atoms with Gasteiger partial charge in [0.2, 0.25) is 5.91 Å². The van der Waals surface area contributed by atoms with Crippen LogP contribution in [-0.4, -0.2) is 19.1 Å². The fraction of sp³-hybridized carbons (Fsp3) is 0.421. The third-order valence-electron chi connectivity index (χ3n) is 4.92. The molecule has 0 radical (unpaired) electrons. The lowest BCUT2D eigenvalue weighted by atomic mass is 9.95. The fourth-order valence-corrected chi connectivity index (χ4v) is 3.52. The Balaban J connectivity index is 1.31. The summed E-state index contributed by atoms with van der Waals surface area (Å²) in [5, 5.41) is 3.12. The molecule has 2 heterocycles. The van der Waals surface area contributed by atoms with E-state index in [1.54, 1.807) is 6.26 Å². The van der Waals surface area contributed by atoms with Crippen LogP contribution in [0.25, 0.3) is 0 Å². The molecule has 4 atom stereocenters. The monoisotopic (exact) mass is 311 g/mol. The number of hydrogen-bond donors (Lipinski definition) is 1. The van der Waals surface area contributed by atoms with E-state index in [1.165, 1.54) is 5.56 Å². The zero-order valence-electron chi connectivity index (χ0n) is 13.0. The number of nitrogens with one attached hydrogen (secondary N) is 1. The molecule has 2 aromatic rings. The molecule has 1 saturated carbocycles. The number of carbonyl (C=O) groups is 1. The number of carbonyl (C=O) groups excluding carboxylic acids is 1. The van der Waals surface area contributed by atoms with Gasteiger partial charge in [-0.15, -0.1) is 0 Å². The summed E-state index contributed by atoms with van der Waals surface area (Å²) >= 11 is 0. The van der Waals surface area contributed by atoms with E-state index in [1.807, 2.05) is 30.3 Å². The minimum atomic E-state index is 0.0682. The van der Waals surface area contributed by atoms with Gasteiger partial charge in [-0.2, -0.15) is 0 Å². The minimum Gasteiger partial charge on any atom is -0.469 e. The Morgan fingerprint density at radius 3 is 2.83 bits per heavy atom. The second-order valence-electron chi connectivity index (χ2n) is 6.46. The van der Waals surface area contributed by atoms with Crippen molar-refractivity contribution in [3.8, 4) is 0 Å². The molecule has 1 aromatic carbocycles. The standard InChI is InChI=1S/C19H21NO3/c21-19(16-11-15(16)17-7-4-9-22-17)20-12-14-8-10-23-18(14)13-5-2-1-3-6-13/h1-7,9,14-16,18H,8,10-12H2,(H,20,21)/t14-,15-,16+,18-/m1/s1. The van der Waals surface area contributed by atoms with Gasteiger partial charge in [-0.3, -0.25) is 4.79 Å². The highest BCUT2D eigenvalue weighted by Crippen LogP contribution is 2.47. The molecule has 0 spiro atoms. The summed E-state index contributed by atoms with van der Waals surface area (Å²) in [5.74, 6) is 1.75. The van der Waals surface area contributed by atoms with Crippen LogP contribution in [0.15, 0.2) is 53.1 Å². The molecule has 4 rings (SSSR count). The number of benzene rings is 1. The lowest BCUT2D eigenvalue weighted by Gasteiger charge is -2.19. The summed E-state index contributed by atoms with van der Waals surface area (Å²) in [6, 6.07) is 14.1. The molecule has 120 valence electrons. The first-order valence-corrected chi connectivity index (χ1v) is 8.30. The van der Waals surface area contributed by atoms with Crippen LogP contribution in [0.1, 0.15) is 36.2 Å². The van der Waals surface area contributed by atoms with Crippen molar-refractivity contribution in [1.29, 1.82) is 0 Å². The van der Waals surface area contributed by atoms with E-state index in [0.29, 0.717) is 12.5 Å². The summed E-state index contributed by atoms with van der Waals surface area (Å²) < 4.78 is 11.3. The summed E-state index contributed by atoms with van der Waals surface area (Å²) in [6.45, 7) is 1.44. The number of hydrogen-bond acceptors (Lipinski definition) is 3. The Labute approximate surface area is 135 Å². The third-order valence-corrected chi connectivity index (χ3v) is 4.92. The molecule has 4 heteroatoms. The Morgan fingerprint density at radius 1 is 1.17 bits per heavy atom. The molecular formula is C19H21NO3. The van der Waals surface area contributed by atoms with Crippen LogP contribution in [0, 0.1) is 11.8 Å². The number of ether oxygens (including phenoxy) is 1. The topological polar surface area (TPSA) is 51.5 Å². The molecule has 0 unspecified atom stereocenters. The Bertz CT molecular complexity index is 653. The molecular weight excluding hydrogens is 290 g/mol. The molecule has 1 aromatic heterocycles. The van der Waals surface area contributed by atoms with Crippen molar-refractivity contribution < 1.29 is 13.9 Å². The van der Waals surface area contributed by atoms with Crippen molar-refractivity contribution in [1.82, 2.24) is 5.32 Å². The highest BCUT2D eigenvalue weighted by Gasteiger charge is 2.46. The third kappa shape index (κ3) is 3.04. The average molecular weight is 311 g/mol. The highest BCUT2D eigenvalue weighted by atomic mass is 16.5. The van der Waals surface area contributed by atoms with Crippen LogP contribution in [0.4, 0.5) is 0 Å². The summed E-state index contributed by atoms with van der Waals surface area (Å²) in [5.41, 5.74) is 1.20. The van der Waals surface area contributed by atoms with Gasteiger partial charge in [-0.1, -0.05) is 30.3 Å². The Hall–Kier alpha value is -2.07. The van der Waals surface area contributed by atoms with E-state index in [2.05, 4.69) is 17.4 Å². The van der Waals surface area contributed by atoms with Crippen LogP contribution >= 0.6 is 0 Å². The summed E-state index contributed by atoms with van der Waals surface area (Å²) in [7, 11) is 0. The molecule has 2 aliphatic rings. The van der Waals surface area contributed by atoms with Crippen molar-refractivity contribution in [3.05, 3.63) is 60.1 Å². The van der Waals surface area contributed by atoms with E-state index < -0.39 is 0 Å². The van der Waals surface area contributed by atoms with Crippen molar-refractivity contribution in [2.75, 3.05) is 13.2 Å². The van der Waals surface area contributed by atoms with Crippen LogP contribution in [0.3, 0.4) is 0 Å². The second kappa shape index (κ2) is 6.20. The van der Waals surface area contributed by atoms with Crippen molar-refractivity contribution in [2.45, 2.75) is 24.9 Å². The van der Waals surface area contributed by atoms with Gasteiger partial charge in [0.25, 0.3) is 0 Å². The number of rotatable bonds is 5. The van der Waals surface area contributed by atoms with Crippen LogP contribution in [-0.2, 0) is 9.53 Å². The molecule has 1 aliphatic carbocycles. The second-order valence-corrected chi connectivity index (χ2v) is 6.46. The molecule has 1 amide bonds. The average Bonchev–Trinajstić information content (AvgIpc) is 3.01. The van der Waals surface area contributed by atoms with E-state index >= 15 is 0 Å². The van der Waals surface area contributed by atoms with Gasteiger partial charge in [0.05, 0.1) is 12.4 Å². The summed E-state index contributed by atoms with van der Waals surface area (Å²) in [4.78, 5) is 12.3. The zero-order chi connectivity index (χ0) is 15.6. The first kappa shape index (κ1) is 14.5. The molecule has 1 aliphatic heterocycles. The predicted octanol–water partition coefficient (Wildman–Crippen LogP) is 3.28. The van der Waals surface area contributed by atoms with E-state index in [9.17, 15) is 4.79 Å². The molecule has 23 heavy (non-hydrogen) atoms. The smallest absolute Gasteiger partial charge is 0.223 e. The van der Waals surface area contributed by atoms with Gasteiger partial charge in [0.15, 0.2) is 0 Å². The van der Waals surface area contributed by atoms with Crippen molar-refractivity contribution in [3.63, 3.8) is 0 Å². The fourth-order valence-electron chi connectivity index (χ4n) is 3.52. The quantitative estimate of drug-likeness (QED) is 0.922. The minimum absolute atomic E-state index is 0.0682. The molecule has 1 N–H and O–H groups in total. The normalized spacial score (nSPS) is 29.4. The molecule has 0 bridgehead atoms. The van der Waals surface area contributed by atoms with Crippen LogP contribution < -0.4 is 5.32 Å². The molecule has 4 nitrogen and oxygen atoms in total. The van der Waals surface area contributed by atoms with Gasteiger partial charge in [-0.25, -0.2) is 0 Å². The first-order chi connectivity index (χ1) is 11.3. The van der Waals surface area contributed by atoms with Crippen molar-refractivity contribution >= 4 is 5.91 Å². The van der Waals surface area contributed by atoms with Gasteiger partial charge in [0, 0.05) is 30.9 Å². The largest absolute Gasteiger partial charge is 0.469 e. The lowest BCUT2D eigenvalue weighted by Crippen LogP contribution is -2.31. The van der Waals surface area contributed by atoms with Gasteiger partial charge in [-0.05, 0) is 30.5 Å². The van der Waals surface area contributed by atoms with E-state index in [4.69, 9.17) is 9.15 Å². The number of amides is 1. The Morgan fingerprint density at radius 2 is 2.04 bits per heavy atom. The van der Waals surface area contributed by atoms with Crippen LogP contribution in [0.5, 0.6) is 0 Å². The predicted molar refractivity (Wildman–Crippen MR) is 85.8 cm³/mol. The SMILES string of the molecule is O=C(NC[C@H]1CCO[C@@H]1c1ccccc1)[C@H]1C[C@H]1c1ccco1. The highest BCUT2D eigenvalue weighted by molar-refractivity contribution is 5.82. The van der Waals surface area contributed by atoms with Crippen molar-refractivity contribution in [2.24, 2.45) is 11.8 Å². The Kier molecular flexibility index (Phi) is 3.92. The maximum atomic E-state index is 12.3. The first-order valence-electron chi connectivity index (χ1n) is 8.30. The summed E-state index contributed by atoms with van der Waals surface area (Å²) in [6.07, 6.45) is 3.65. The van der Waals surface area contributed by atoms with E-state index in [0.717, 1.165) is 25.2 Å². The van der Waals surface area contributed by atoms with E-state index in [-0.39, 0.29) is 23.8 Å². The maximum Gasteiger partial charge on any atom is 0.223 e. The zero-order valence-corrected chi connectivity index (χ0v) is 13.0. The maximum absolute atomic E-state index is 12.3. The van der Waals surface area contributed by atoms with Gasteiger partial charge >= 0.3 is 0 Å². The number of furan rings is 1. The van der Waals surface area contributed by atoms with Crippen LogP contribution in [0.2, 0.25) is 0 Å². The van der Waals surface area contributed by atoms with Gasteiger partial charge in [0.1, 0.15) is 5.76 Å². The molecule has 2 fully saturated rings.